The van der Waals surface area contributed by atoms with Gasteiger partial charge in [-0.05, 0) is 51.0 Å². The molecule has 0 unspecified atom stereocenters. The molecular formula is C15H22BrNO3. The minimum absolute atomic E-state index is 0.0345. The lowest BCUT2D eigenvalue weighted by Crippen LogP contribution is -2.46. The quantitative estimate of drug-likeness (QED) is 0.713. The minimum Gasteiger partial charge on any atom is -0.494 e. The maximum Gasteiger partial charge on any atom is 0.220 e. The predicted octanol–water partition coefficient (Wildman–Crippen LogP) is 2.89. The number of benzene rings is 1. The molecule has 20 heavy (non-hydrogen) atoms. The highest BCUT2D eigenvalue weighted by Crippen LogP contribution is 2.16. The molecule has 0 saturated heterocycles. The Bertz CT molecular complexity index is 418. The molecule has 0 atom stereocenters. The van der Waals surface area contributed by atoms with E-state index in [9.17, 15) is 4.79 Å². The van der Waals surface area contributed by atoms with Crippen LogP contribution >= 0.6 is 15.9 Å². The third kappa shape index (κ3) is 6.91. The van der Waals surface area contributed by atoms with Crippen molar-refractivity contribution in [1.82, 2.24) is 5.32 Å². The molecule has 2 N–H and O–H groups in total. The summed E-state index contributed by atoms with van der Waals surface area (Å²) in [5, 5.41) is 11.8. The zero-order chi connectivity index (χ0) is 15.0. The highest BCUT2D eigenvalue weighted by molar-refractivity contribution is 9.10. The Morgan fingerprint density at radius 3 is 2.55 bits per heavy atom. The average Bonchev–Trinajstić information content (AvgIpc) is 2.40. The largest absolute Gasteiger partial charge is 0.494 e. The standard InChI is InChI=1S/C15H22BrNO3/c1-15(2,11-18)17-14(19)5-3-4-10-20-13-8-6-12(16)7-9-13/h6-9,18H,3-5,10-11H2,1-2H3,(H,17,19). The normalized spacial score (nSPS) is 11.2. The first-order valence-electron chi connectivity index (χ1n) is 6.73. The van der Waals surface area contributed by atoms with Gasteiger partial charge in [0.2, 0.25) is 5.91 Å². The van der Waals surface area contributed by atoms with Gasteiger partial charge < -0.3 is 15.2 Å². The van der Waals surface area contributed by atoms with Crippen LogP contribution in [0, 0.1) is 0 Å². The van der Waals surface area contributed by atoms with Crippen LogP contribution < -0.4 is 10.1 Å². The lowest BCUT2D eigenvalue weighted by Gasteiger charge is -2.23. The van der Waals surface area contributed by atoms with E-state index >= 15 is 0 Å². The number of amides is 1. The van der Waals surface area contributed by atoms with Crippen LogP contribution in [0.15, 0.2) is 28.7 Å². The van der Waals surface area contributed by atoms with Crippen molar-refractivity contribution in [1.29, 1.82) is 0 Å². The van der Waals surface area contributed by atoms with Gasteiger partial charge in [-0.1, -0.05) is 15.9 Å². The molecule has 0 aliphatic carbocycles. The molecule has 0 radical (unpaired) electrons. The van der Waals surface area contributed by atoms with Crippen LogP contribution in [-0.2, 0) is 4.79 Å². The van der Waals surface area contributed by atoms with Crippen molar-refractivity contribution in [2.75, 3.05) is 13.2 Å². The van der Waals surface area contributed by atoms with E-state index in [1.165, 1.54) is 0 Å². The second-order valence-electron chi connectivity index (χ2n) is 5.35. The molecule has 0 aliphatic rings. The zero-order valence-electron chi connectivity index (χ0n) is 12.0. The van der Waals surface area contributed by atoms with Gasteiger partial charge in [0.05, 0.1) is 18.8 Å². The second kappa shape index (κ2) is 8.27. The van der Waals surface area contributed by atoms with Gasteiger partial charge in [0.1, 0.15) is 5.75 Å². The topological polar surface area (TPSA) is 58.6 Å². The van der Waals surface area contributed by atoms with E-state index in [-0.39, 0.29) is 12.5 Å². The van der Waals surface area contributed by atoms with E-state index in [0.29, 0.717) is 13.0 Å². The van der Waals surface area contributed by atoms with Gasteiger partial charge in [-0.15, -0.1) is 0 Å². The van der Waals surface area contributed by atoms with Crippen molar-refractivity contribution < 1.29 is 14.6 Å². The monoisotopic (exact) mass is 343 g/mol. The molecule has 112 valence electrons. The summed E-state index contributed by atoms with van der Waals surface area (Å²) in [6, 6.07) is 7.67. The summed E-state index contributed by atoms with van der Waals surface area (Å²) in [5.41, 5.74) is -0.551. The van der Waals surface area contributed by atoms with E-state index in [1.807, 2.05) is 24.3 Å². The van der Waals surface area contributed by atoms with Crippen molar-refractivity contribution in [2.45, 2.75) is 38.6 Å². The molecule has 0 heterocycles. The predicted molar refractivity (Wildman–Crippen MR) is 82.8 cm³/mol. The van der Waals surface area contributed by atoms with Crippen LogP contribution in [0.2, 0.25) is 0 Å². The Balaban J connectivity index is 2.13. The number of aliphatic hydroxyl groups is 1. The Hall–Kier alpha value is -1.07. The van der Waals surface area contributed by atoms with Crippen molar-refractivity contribution in [2.24, 2.45) is 0 Å². The average molecular weight is 344 g/mol. The number of hydrogen-bond acceptors (Lipinski definition) is 3. The van der Waals surface area contributed by atoms with Gasteiger partial charge in [-0.3, -0.25) is 4.79 Å². The fourth-order valence-electron chi connectivity index (χ4n) is 1.59. The third-order valence-corrected chi connectivity index (χ3v) is 3.28. The summed E-state index contributed by atoms with van der Waals surface area (Å²) < 4.78 is 6.59. The van der Waals surface area contributed by atoms with Crippen LogP contribution in [0.5, 0.6) is 5.75 Å². The Morgan fingerprint density at radius 2 is 1.95 bits per heavy atom. The molecule has 0 bridgehead atoms. The maximum absolute atomic E-state index is 11.6. The molecule has 4 nitrogen and oxygen atoms in total. The lowest BCUT2D eigenvalue weighted by atomic mass is 10.1. The fourth-order valence-corrected chi connectivity index (χ4v) is 1.85. The second-order valence-corrected chi connectivity index (χ2v) is 6.27. The van der Waals surface area contributed by atoms with Crippen molar-refractivity contribution >= 4 is 21.8 Å². The van der Waals surface area contributed by atoms with E-state index < -0.39 is 5.54 Å². The number of rotatable bonds is 8. The fraction of sp³-hybridized carbons (Fsp3) is 0.533. The van der Waals surface area contributed by atoms with Gasteiger partial charge in [-0.25, -0.2) is 0 Å². The van der Waals surface area contributed by atoms with Crippen molar-refractivity contribution in [3.8, 4) is 5.75 Å². The molecule has 1 rings (SSSR count). The highest BCUT2D eigenvalue weighted by Gasteiger charge is 2.18. The SMILES string of the molecule is CC(C)(CO)NC(=O)CCCCOc1ccc(Br)cc1. The molecule has 0 spiro atoms. The molecule has 0 aliphatic heterocycles. The van der Waals surface area contributed by atoms with Crippen molar-refractivity contribution in [3.05, 3.63) is 28.7 Å². The minimum atomic E-state index is -0.551. The first kappa shape index (κ1) is 17.0. The molecule has 0 fully saturated rings. The number of unbranched alkanes of at least 4 members (excludes halogenated alkanes) is 1. The summed E-state index contributed by atoms with van der Waals surface area (Å²) in [5.74, 6) is 0.798. The molecular weight excluding hydrogens is 322 g/mol. The van der Waals surface area contributed by atoms with E-state index in [2.05, 4.69) is 21.2 Å². The zero-order valence-corrected chi connectivity index (χ0v) is 13.6. The van der Waals surface area contributed by atoms with Gasteiger partial charge in [0.15, 0.2) is 0 Å². The van der Waals surface area contributed by atoms with Gasteiger partial charge in [0.25, 0.3) is 0 Å². The highest BCUT2D eigenvalue weighted by atomic mass is 79.9. The van der Waals surface area contributed by atoms with E-state index in [1.54, 1.807) is 13.8 Å². The number of halogens is 1. The van der Waals surface area contributed by atoms with E-state index in [0.717, 1.165) is 23.1 Å². The van der Waals surface area contributed by atoms with Gasteiger partial charge in [0, 0.05) is 10.9 Å². The van der Waals surface area contributed by atoms with Crippen LogP contribution in [-0.4, -0.2) is 29.8 Å². The molecule has 1 amide bonds. The summed E-state index contributed by atoms with van der Waals surface area (Å²) in [4.78, 5) is 11.6. The first-order valence-corrected chi connectivity index (χ1v) is 7.52. The Labute approximate surface area is 128 Å². The number of hydrogen-bond donors (Lipinski definition) is 2. The number of ether oxygens (including phenoxy) is 1. The molecule has 5 heteroatoms. The summed E-state index contributed by atoms with van der Waals surface area (Å²) in [6.07, 6.45) is 2.04. The van der Waals surface area contributed by atoms with Crippen LogP contribution in [0.25, 0.3) is 0 Å². The number of carbonyl (C=O) groups excluding carboxylic acids is 1. The molecule has 0 saturated carbocycles. The van der Waals surface area contributed by atoms with E-state index in [4.69, 9.17) is 9.84 Å². The van der Waals surface area contributed by atoms with Gasteiger partial charge in [-0.2, -0.15) is 0 Å². The van der Waals surface area contributed by atoms with Crippen LogP contribution in [0.4, 0.5) is 0 Å². The van der Waals surface area contributed by atoms with Crippen LogP contribution in [0.3, 0.4) is 0 Å². The molecule has 0 aromatic heterocycles. The summed E-state index contributed by atoms with van der Waals surface area (Å²) in [7, 11) is 0. The lowest BCUT2D eigenvalue weighted by molar-refractivity contribution is -0.123. The molecule has 1 aromatic carbocycles. The smallest absolute Gasteiger partial charge is 0.220 e. The summed E-state index contributed by atoms with van der Waals surface area (Å²) >= 11 is 3.37. The maximum atomic E-state index is 11.6. The first-order chi connectivity index (χ1) is 9.43. The van der Waals surface area contributed by atoms with Crippen molar-refractivity contribution in [3.63, 3.8) is 0 Å². The molecule has 1 aromatic rings. The number of carbonyl (C=O) groups is 1. The third-order valence-electron chi connectivity index (χ3n) is 2.75. The van der Waals surface area contributed by atoms with Gasteiger partial charge >= 0.3 is 0 Å². The number of nitrogens with one attached hydrogen (secondary N) is 1. The van der Waals surface area contributed by atoms with Crippen LogP contribution in [0.1, 0.15) is 33.1 Å². The number of aliphatic hydroxyl groups excluding tert-OH is 1. The Morgan fingerprint density at radius 1 is 1.30 bits per heavy atom. The Kier molecular flexibility index (Phi) is 7.02. The summed E-state index contributed by atoms with van der Waals surface area (Å²) in [6.45, 7) is 4.12.